The first kappa shape index (κ1) is 16.3. The maximum atomic E-state index is 12.7. The smallest absolute Gasteiger partial charge is 0.291 e. The minimum Gasteiger partial charge on any atom is -0.463 e. The second-order valence-corrected chi connectivity index (χ2v) is 6.16. The molecule has 7 heteroatoms. The standard InChI is InChI=1S/C17H22N4O3/c1-4-15-19-20(8-5-6-16(22)18-11(2)3)17(23)13-10-14-12(21(13)15)7-9-24-14/h7,9-11H,4-6,8H2,1-3H3,(H,18,22). The molecule has 0 fully saturated rings. The van der Waals surface area contributed by atoms with Gasteiger partial charge in [0.15, 0.2) is 5.58 Å². The van der Waals surface area contributed by atoms with Crippen molar-refractivity contribution in [3.05, 3.63) is 34.6 Å². The molecule has 3 heterocycles. The number of fused-ring (bicyclic) bond motifs is 3. The fourth-order valence-corrected chi connectivity index (χ4v) is 2.89. The van der Waals surface area contributed by atoms with Crippen LogP contribution in [0.1, 0.15) is 39.4 Å². The molecule has 0 atom stereocenters. The molecule has 0 saturated carbocycles. The topological polar surface area (TPSA) is 81.5 Å². The summed E-state index contributed by atoms with van der Waals surface area (Å²) in [7, 11) is 0. The van der Waals surface area contributed by atoms with E-state index in [0.29, 0.717) is 36.9 Å². The fourth-order valence-electron chi connectivity index (χ4n) is 2.89. The van der Waals surface area contributed by atoms with Crippen LogP contribution >= 0.6 is 0 Å². The Hall–Kier alpha value is -2.57. The summed E-state index contributed by atoms with van der Waals surface area (Å²) in [5, 5.41) is 7.32. The Kier molecular flexibility index (Phi) is 4.42. The van der Waals surface area contributed by atoms with Gasteiger partial charge in [-0.15, -0.1) is 0 Å². The molecule has 0 spiro atoms. The van der Waals surface area contributed by atoms with Gasteiger partial charge in [-0.3, -0.25) is 14.0 Å². The van der Waals surface area contributed by atoms with Crippen molar-refractivity contribution in [2.75, 3.05) is 0 Å². The van der Waals surface area contributed by atoms with Crippen molar-refractivity contribution in [1.82, 2.24) is 19.5 Å². The molecular weight excluding hydrogens is 308 g/mol. The molecule has 0 aromatic carbocycles. The number of nitrogens with one attached hydrogen (secondary N) is 1. The number of carbonyl (C=O) groups excluding carboxylic acids is 1. The first-order chi connectivity index (χ1) is 11.5. The van der Waals surface area contributed by atoms with Crippen molar-refractivity contribution in [2.45, 2.75) is 52.6 Å². The van der Waals surface area contributed by atoms with Gasteiger partial charge < -0.3 is 9.73 Å². The van der Waals surface area contributed by atoms with Gasteiger partial charge in [-0.25, -0.2) is 4.68 Å². The minimum absolute atomic E-state index is 0.00459. The van der Waals surface area contributed by atoms with E-state index < -0.39 is 0 Å². The number of rotatable bonds is 6. The lowest BCUT2D eigenvalue weighted by Gasteiger charge is -2.10. The maximum absolute atomic E-state index is 12.7. The Morgan fingerprint density at radius 1 is 1.38 bits per heavy atom. The molecule has 0 bridgehead atoms. The molecule has 3 rings (SSSR count). The fraction of sp³-hybridized carbons (Fsp3) is 0.471. The second-order valence-electron chi connectivity index (χ2n) is 6.16. The van der Waals surface area contributed by atoms with Gasteiger partial charge in [0.05, 0.1) is 11.8 Å². The van der Waals surface area contributed by atoms with E-state index in [2.05, 4.69) is 10.4 Å². The van der Waals surface area contributed by atoms with Crippen LogP contribution in [0.5, 0.6) is 0 Å². The SMILES string of the molecule is CCc1nn(CCCC(=O)NC(C)C)c(=O)c2cc3occc3n12. The number of aromatic nitrogens is 3. The van der Waals surface area contributed by atoms with Crippen molar-refractivity contribution in [3.63, 3.8) is 0 Å². The summed E-state index contributed by atoms with van der Waals surface area (Å²) in [5.74, 6) is 0.794. The zero-order valence-corrected chi connectivity index (χ0v) is 14.2. The Morgan fingerprint density at radius 2 is 2.17 bits per heavy atom. The summed E-state index contributed by atoms with van der Waals surface area (Å²) in [6, 6.07) is 3.71. The quantitative estimate of drug-likeness (QED) is 0.750. The van der Waals surface area contributed by atoms with Crippen molar-refractivity contribution in [3.8, 4) is 0 Å². The Balaban J connectivity index is 1.87. The van der Waals surface area contributed by atoms with Gasteiger partial charge in [0.25, 0.3) is 5.56 Å². The Morgan fingerprint density at radius 3 is 2.88 bits per heavy atom. The monoisotopic (exact) mass is 330 g/mol. The predicted molar refractivity (Wildman–Crippen MR) is 91.1 cm³/mol. The molecule has 0 aliphatic heterocycles. The summed E-state index contributed by atoms with van der Waals surface area (Å²) in [4.78, 5) is 24.4. The highest BCUT2D eigenvalue weighted by molar-refractivity contribution is 5.82. The first-order valence-electron chi connectivity index (χ1n) is 8.29. The molecule has 1 amide bonds. The molecule has 0 aliphatic carbocycles. The van der Waals surface area contributed by atoms with Crippen molar-refractivity contribution >= 4 is 22.5 Å². The lowest BCUT2D eigenvalue weighted by molar-refractivity contribution is -0.121. The summed E-state index contributed by atoms with van der Waals surface area (Å²) in [6.07, 6.45) is 3.25. The van der Waals surface area contributed by atoms with Gasteiger partial charge in [-0.05, 0) is 20.3 Å². The van der Waals surface area contributed by atoms with Gasteiger partial charge in [-0.2, -0.15) is 5.10 Å². The van der Waals surface area contributed by atoms with Crippen LogP contribution in [0.3, 0.4) is 0 Å². The summed E-state index contributed by atoms with van der Waals surface area (Å²) in [6.45, 7) is 6.26. The minimum atomic E-state index is -0.164. The van der Waals surface area contributed by atoms with Crippen molar-refractivity contribution in [1.29, 1.82) is 0 Å². The molecule has 24 heavy (non-hydrogen) atoms. The molecule has 0 aliphatic rings. The van der Waals surface area contributed by atoms with E-state index in [0.717, 1.165) is 11.3 Å². The molecule has 3 aromatic rings. The van der Waals surface area contributed by atoms with Gasteiger partial charge in [-0.1, -0.05) is 6.92 Å². The number of furan rings is 1. The van der Waals surface area contributed by atoms with Crippen LogP contribution in [0.15, 0.2) is 27.6 Å². The Bertz CT molecular complexity index is 933. The van der Waals surface area contributed by atoms with Crippen LogP contribution in [0, 0.1) is 0 Å². The molecule has 0 saturated heterocycles. The van der Waals surface area contributed by atoms with E-state index in [-0.39, 0.29) is 17.5 Å². The van der Waals surface area contributed by atoms with E-state index in [9.17, 15) is 9.59 Å². The van der Waals surface area contributed by atoms with Gasteiger partial charge in [0, 0.05) is 37.6 Å². The molecule has 7 nitrogen and oxygen atoms in total. The largest absolute Gasteiger partial charge is 0.463 e. The third kappa shape index (κ3) is 2.93. The van der Waals surface area contributed by atoms with Crippen molar-refractivity contribution in [2.24, 2.45) is 0 Å². The summed E-state index contributed by atoms with van der Waals surface area (Å²) < 4.78 is 8.70. The molecule has 1 N–H and O–H groups in total. The third-order valence-corrected chi connectivity index (χ3v) is 3.91. The average Bonchev–Trinajstić information content (AvgIpc) is 3.10. The number of nitrogens with zero attached hydrogens (tertiary/aromatic N) is 3. The highest BCUT2D eigenvalue weighted by atomic mass is 16.3. The van der Waals surface area contributed by atoms with E-state index in [1.807, 2.05) is 31.2 Å². The van der Waals surface area contributed by atoms with Gasteiger partial charge >= 0.3 is 0 Å². The highest BCUT2D eigenvalue weighted by Crippen LogP contribution is 2.20. The molecule has 0 radical (unpaired) electrons. The molecule has 0 unspecified atom stereocenters. The summed E-state index contributed by atoms with van der Waals surface area (Å²) in [5.41, 5.74) is 1.93. The number of hydrogen-bond donors (Lipinski definition) is 1. The zero-order valence-electron chi connectivity index (χ0n) is 14.2. The Labute approximate surface area is 139 Å². The lowest BCUT2D eigenvalue weighted by Crippen LogP contribution is -2.31. The van der Waals surface area contributed by atoms with Crippen LogP contribution in [-0.2, 0) is 17.8 Å². The van der Waals surface area contributed by atoms with Gasteiger partial charge in [0.2, 0.25) is 5.91 Å². The summed E-state index contributed by atoms with van der Waals surface area (Å²) >= 11 is 0. The number of carbonyl (C=O) groups is 1. The van der Waals surface area contributed by atoms with Crippen LogP contribution < -0.4 is 10.9 Å². The number of amides is 1. The normalized spacial score (nSPS) is 11.7. The maximum Gasteiger partial charge on any atom is 0.291 e. The van der Waals surface area contributed by atoms with Gasteiger partial charge in [0.1, 0.15) is 11.3 Å². The molecule has 3 aromatic heterocycles. The lowest BCUT2D eigenvalue weighted by atomic mass is 10.2. The van der Waals surface area contributed by atoms with E-state index >= 15 is 0 Å². The average molecular weight is 330 g/mol. The van der Waals surface area contributed by atoms with E-state index in [1.165, 1.54) is 4.68 Å². The van der Waals surface area contributed by atoms with Crippen LogP contribution in [-0.4, -0.2) is 26.1 Å². The van der Waals surface area contributed by atoms with Crippen LogP contribution in [0.2, 0.25) is 0 Å². The highest BCUT2D eigenvalue weighted by Gasteiger charge is 2.15. The number of aryl methyl sites for hydroxylation is 2. The zero-order chi connectivity index (χ0) is 17.3. The van der Waals surface area contributed by atoms with Crippen molar-refractivity contribution < 1.29 is 9.21 Å². The number of hydrogen-bond acceptors (Lipinski definition) is 4. The van der Waals surface area contributed by atoms with E-state index in [4.69, 9.17) is 4.42 Å². The van der Waals surface area contributed by atoms with Crippen LogP contribution in [0.4, 0.5) is 0 Å². The first-order valence-corrected chi connectivity index (χ1v) is 8.29. The second kappa shape index (κ2) is 6.51. The van der Waals surface area contributed by atoms with E-state index in [1.54, 1.807) is 12.3 Å². The predicted octanol–water partition coefficient (Wildman–Crippen LogP) is 2.11. The van der Waals surface area contributed by atoms with Crippen LogP contribution in [0.25, 0.3) is 16.6 Å². The third-order valence-electron chi connectivity index (χ3n) is 3.91. The molecular formula is C17H22N4O3. The molecule has 128 valence electrons.